The second-order valence-electron chi connectivity index (χ2n) is 7.55. The first-order valence-electron chi connectivity index (χ1n) is 10.4. The molecule has 0 fully saturated rings. The lowest BCUT2D eigenvalue weighted by molar-refractivity contribution is 0.528. The molecule has 0 radical (unpaired) electrons. The van der Waals surface area contributed by atoms with Gasteiger partial charge in [-0.2, -0.15) is 0 Å². The van der Waals surface area contributed by atoms with Gasteiger partial charge in [-0.05, 0) is 35.6 Å². The average Bonchev–Trinajstić information content (AvgIpc) is 3.26. The lowest BCUT2D eigenvalue weighted by Gasteiger charge is -2.38. The second kappa shape index (κ2) is 7.95. The minimum atomic E-state index is 0.0242. The van der Waals surface area contributed by atoms with Crippen LogP contribution in [-0.2, 0) is 6.54 Å². The van der Waals surface area contributed by atoms with Crippen LogP contribution in [0.4, 0.5) is 11.4 Å². The first kappa shape index (κ1) is 18.9. The van der Waals surface area contributed by atoms with Crippen molar-refractivity contribution in [2.24, 2.45) is 0 Å². The number of hydrogen-bond donors (Lipinski definition) is 1. The van der Waals surface area contributed by atoms with Crippen molar-refractivity contribution in [2.75, 3.05) is 23.3 Å². The number of rotatable bonds is 5. The quantitative estimate of drug-likeness (QED) is 0.503. The Morgan fingerprint density at radius 1 is 1.10 bits per heavy atom. The fourth-order valence-electron chi connectivity index (χ4n) is 4.31. The van der Waals surface area contributed by atoms with E-state index in [-0.39, 0.29) is 11.6 Å². The molecule has 0 bridgehead atoms. The molecule has 2 aromatic carbocycles. The molecule has 0 amide bonds. The van der Waals surface area contributed by atoms with Gasteiger partial charge in [-0.1, -0.05) is 49.4 Å². The summed E-state index contributed by atoms with van der Waals surface area (Å²) in [6.45, 7) is 4.45. The number of anilines is 2. The van der Waals surface area contributed by atoms with E-state index in [1.54, 1.807) is 0 Å². The van der Waals surface area contributed by atoms with E-state index in [0.717, 1.165) is 41.4 Å². The Hall–Kier alpha value is -3.12. The molecule has 6 heteroatoms. The van der Waals surface area contributed by atoms with Gasteiger partial charge in [-0.25, -0.2) is 4.98 Å². The van der Waals surface area contributed by atoms with E-state index in [4.69, 9.17) is 4.98 Å². The zero-order valence-corrected chi connectivity index (χ0v) is 17.7. The predicted octanol–water partition coefficient (Wildman–Crippen LogP) is 4.89. The van der Waals surface area contributed by atoms with E-state index in [1.165, 1.54) is 17.0 Å². The molecule has 152 valence electrons. The standard InChI is InChI=1S/C24H24N4OS/c1-2-20(27-14-13-25-19-10-6-7-11-21(19)27)22-26-23-18(12-15-30-23)24(29)28(22)16-17-8-4-3-5-9-17/h3-12,15,20,25H,2,13-14,16H2,1H3. The van der Waals surface area contributed by atoms with Crippen LogP contribution in [-0.4, -0.2) is 22.6 Å². The smallest absolute Gasteiger partial charge is 0.262 e. The van der Waals surface area contributed by atoms with Crippen LogP contribution in [0.25, 0.3) is 10.2 Å². The molecular weight excluding hydrogens is 392 g/mol. The molecule has 5 nitrogen and oxygen atoms in total. The summed E-state index contributed by atoms with van der Waals surface area (Å²) in [5, 5.41) is 6.14. The minimum Gasteiger partial charge on any atom is -0.382 e. The summed E-state index contributed by atoms with van der Waals surface area (Å²) in [6, 6.07) is 20.5. The Bertz CT molecular complexity index is 1230. The molecule has 2 aromatic heterocycles. The summed E-state index contributed by atoms with van der Waals surface area (Å²) in [6.07, 6.45) is 0.868. The molecular formula is C24H24N4OS. The van der Waals surface area contributed by atoms with E-state index in [9.17, 15) is 4.79 Å². The normalized spacial score (nSPS) is 14.4. The number of nitrogens with zero attached hydrogens (tertiary/aromatic N) is 3. The van der Waals surface area contributed by atoms with E-state index >= 15 is 0 Å². The predicted molar refractivity (Wildman–Crippen MR) is 125 cm³/mol. The summed E-state index contributed by atoms with van der Waals surface area (Å²) >= 11 is 1.54. The van der Waals surface area contributed by atoms with Crippen LogP contribution < -0.4 is 15.8 Å². The number of hydrogen-bond acceptors (Lipinski definition) is 5. The summed E-state index contributed by atoms with van der Waals surface area (Å²) in [4.78, 5) is 21.7. The van der Waals surface area contributed by atoms with E-state index in [0.29, 0.717) is 11.9 Å². The fraction of sp³-hybridized carbons (Fsp3) is 0.250. The zero-order valence-electron chi connectivity index (χ0n) is 16.9. The summed E-state index contributed by atoms with van der Waals surface area (Å²) < 4.78 is 1.88. The van der Waals surface area contributed by atoms with E-state index in [2.05, 4.69) is 53.5 Å². The molecule has 1 aliphatic rings. The Morgan fingerprint density at radius 3 is 2.73 bits per heavy atom. The van der Waals surface area contributed by atoms with Crippen LogP contribution in [0.1, 0.15) is 30.8 Å². The molecule has 30 heavy (non-hydrogen) atoms. The fourth-order valence-corrected chi connectivity index (χ4v) is 5.07. The van der Waals surface area contributed by atoms with Crippen molar-refractivity contribution < 1.29 is 0 Å². The molecule has 3 heterocycles. The monoisotopic (exact) mass is 416 g/mol. The van der Waals surface area contributed by atoms with Gasteiger partial charge in [-0.3, -0.25) is 9.36 Å². The molecule has 0 saturated heterocycles. The Kier molecular flexibility index (Phi) is 5.01. The van der Waals surface area contributed by atoms with Gasteiger partial charge in [0.05, 0.1) is 29.3 Å². The third-order valence-corrected chi connectivity index (χ3v) is 6.55. The van der Waals surface area contributed by atoms with Gasteiger partial charge in [-0.15, -0.1) is 11.3 Å². The van der Waals surface area contributed by atoms with Gasteiger partial charge >= 0.3 is 0 Å². The van der Waals surface area contributed by atoms with Crippen LogP contribution >= 0.6 is 11.3 Å². The lowest BCUT2D eigenvalue weighted by atomic mass is 10.1. The third-order valence-electron chi connectivity index (χ3n) is 5.74. The van der Waals surface area contributed by atoms with Crippen molar-refractivity contribution in [1.82, 2.24) is 9.55 Å². The number of thiophene rings is 1. The highest BCUT2D eigenvalue weighted by Gasteiger charge is 2.28. The van der Waals surface area contributed by atoms with Crippen LogP contribution in [0.2, 0.25) is 0 Å². The molecule has 1 N–H and O–H groups in total. The van der Waals surface area contributed by atoms with Crippen LogP contribution in [0.15, 0.2) is 70.8 Å². The van der Waals surface area contributed by atoms with Crippen LogP contribution in [0.5, 0.6) is 0 Å². The summed E-state index contributed by atoms with van der Waals surface area (Å²) in [7, 11) is 0. The molecule has 1 atom stereocenters. The molecule has 0 aliphatic carbocycles. The summed E-state index contributed by atoms with van der Waals surface area (Å²) in [5.41, 5.74) is 3.45. The Morgan fingerprint density at radius 2 is 1.90 bits per heavy atom. The lowest BCUT2D eigenvalue weighted by Crippen LogP contribution is -2.40. The zero-order chi connectivity index (χ0) is 20.5. The van der Waals surface area contributed by atoms with Gasteiger partial charge in [0, 0.05) is 13.1 Å². The summed E-state index contributed by atoms with van der Waals surface area (Å²) in [5.74, 6) is 0.845. The first-order valence-corrected chi connectivity index (χ1v) is 11.3. The maximum Gasteiger partial charge on any atom is 0.262 e. The average molecular weight is 417 g/mol. The van der Waals surface area contributed by atoms with Crippen LogP contribution in [0.3, 0.4) is 0 Å². The first-order chi connectivity index (χ1) is 14.8. The highest BCUT2D eigenvalue weighted by atomic mass is 32.1. The van der Waals surface area contributed by atoms with E-state index in [1.807, 2.05) is 34.2 Å². The molecule has 0 saturated carbocycles. The second-order valence-corrected chi connectivity index (χ2v) is 8.44. The molecule has 5 rings (SSSR count). The van der Waals surface area contributed by atoms with Crippen molar-refractivity contribution in [3.63, 3.8) is 0 Å². The number of aromatic nitrogens is 2. The molecule has 4 aromatic rings. The van der Waals surface area contributed by atoms with Crippen LogP contribution in [0, 0.1) is 0 Å². The number of para-hydroxylation sites is 2. The van der Waals surface area contributed by atoms with Gasteiger partial charge in [0.2, 0.25) is 0 Å². The largest absolute Gasteiger partial charge is 0.382 e. The van der Waals surface area contributed by atoms with Crippen molar-refractivity contribution in [3.8, 4) is 0 Å². The maximum absolute atomic E-state index is 13.5. The Labute approximate surface area is 179 Å². The molecule has 1 aliphatic heterocycles. The number of nitrogens with one attached hydrogen (secondary N) is 1. The SMILES string of the molecule is CCC(c1nc2sccc2c(=O)n1Cc1ccccc1)N1CCNc2ccccc21. The number of fused-ring (bicyclic) bond motifs is 2. The van der Waals surface area contributed by atoms with Gasteiger partial charge in [0.1, 0.15) is 10.7 Å². The third kappa shape index (κ3) is 3.27. The van der Waals surface area contributed by atoms with Crippen molar-refractivity contribution >= 4 is 32.9 Å². The van der Waals surface area contributed by atoms with Gasteiger partial charge < -0.3 is 10.2 Å². The number of benzene rings is 2. The van der Waals surface area contributed by atoms with Crippen molar-refractivity contribution in [2.45, 2.75) is 25.9 Å². The van der Waals surface area contributed by atoms with Gasteiger partial charge in [0.15, 0.2) is 0 Å². The topological polar surface area (TPSA) is 50.2 Å². The minimum absolute atomic E-state index is 0.0242. The highest BCUT2D eigenvalue weighted by Crippen LogP contribution is 2.36. The van der Waals surface area contributed by atoms with Gasteiger partial charge in [0.25, 0.3) is 5.56 Å². The van der Waals surface area contributed by atoms with E-state index < -0.39 is 0 Å². The van der Waals surface area contributed by atoms with Crippen molar-refractivity contribution in [3.05, 3.63) is 87.8 Å². The maximum atomic E-state index is 13.5. The molecule has 1 unspecified atom stereocenters. The molecule has 0 spiro atoms. The Balaban J connectivity index is 1.67. The van der Waals surface area contributed by atoms with Crippen molar-refractivity contribution in [1.29, 1.82) is 0 Å². The highest BCUT2D eigenvalue weighted by molar-refractivity contribution is 7.16.